The first-order valence-electron chi connectivity index (χ1n) is 6.55. The summed E-state index contributed by atoms with van der Waals surface area (Å²) in [6.07, 6.45) is 5.19. The first-order chi connectivity index (χ1) is 10.7. The number of hydrogen-bond donors (Lipinski definition) is 0. The largest absolute Gasteiger partial charge is 0.278 e. The van der Waals surface area contributed by atoms with Gasteiger partial charge in [-0.2, -0.15) is 0 Å². The molecule has 0 fully saturated rings. The lowest BCUT2D eigenvalue weighted by atomic mass is 10.3. The summed E-state index contributed by atoms with van der Waals surface area (Å²) in [6, 6.07) is 7.74. The van der Waals surface area contributed by atoms with E-state index >= 15 is 0 Å². The molecule has 22 heavy (non-hydrogen) atoms. The van der Waals surface area contributed by atoms with E-state index in [0.29, 0.717) is 22.7 Å². The smallest absolute Gasteiger partial charge is 0.267 e. The molecule has 112 valence electrons. The molecule has 0 spiro atoms. The van der Waals surface area contributed by atoms with Gasteiger partial charge >= 0.3 is 0 Å². The minimum Gasteiger partial charge on any atom is -0.267 e. The molecule has 3 aromatic rings. The average Bonchev–Trinajstić information content (AvgIpc) is 2.80. The summed E-state index contributed by atoms with van der Waals surface area (Å²) in [5.74, 6) is 0. The monoisotopic (exact) mass is 376 g/mol. The van der Waals surface area contributed by atoms with Crippen molar-refractivity contribution in [1.29, 1.82) is 0 Å². The number of aromatic nitrogens is 4. The number of halogens is 1. The molecule has 0 amide bonds. The molecule has 7 heteroatoms. The average molecular weight is 377 g/mol. The van der Waals surface area contributed by atoms with Gasteiger partial charge in [-0.15, -0.1) is 6.58 Å². The molecule has 0 N–H and O–H groups in total. The second kappa shape index (κ2) is 6.10. The van der Waals surface area contributed by atoms with Crippen LogP contribution < -0.4 is 5.56 Å². The van der Waals surface area contributed by atoms with E-state index in [1.54, 1.807) is 17.0 Å². The van der Waals surface area contributed by atoms with E-state index in [2.05, 4.69) is 32.5 Å². The van der Waals surface area contributed by atoms with Gasteiger partial charge in [0.25, 0.3) is 5.56 Å². The Balaban J connectivity index is 2.41. The summed E-state index contributed by atoms with van der Waals surface area (Å²) in [5.41, 5.74) is 1.33. The van der Waals surface area contributed by atoms with Gasteiger partial charge in [-0.1, -0.05) is 39.8 Å². The zero-order valence-corrected chi connectivity index (χ0v) is 14.3. The van der Waals surface area contributed by atoms with E-state index in [1.807, 2.05) is 35.2 Å². The fraction of sp³-hybridized carbons (Fsp3) is 0.133. The first kappa shape index (κ1) is 15.1. The molecule has 0 bridgehead atoms. The van der Waals surface area contributed by atoms with Gasteiger partial charge in [0.1, 0.15) is 5.39 Å². The maximum absolute atomic E-state index is 12.6. The SMILES string of the molecule is C=CCn1c(=O)c2cnc(SC)nc2n1-c1cccc(Br)c1. The summed E-state index contributed by atoms with van der Waals surface area (Å²) in [5, 5.41) is 1.13. The van der Waals surface area contributed by atoms with E-state index in [9.17, 15) is 4.79 Å². The van der Waals surface area contributed by atoms with Gasteiger partial charge in [0, 0.05) is 10.7 Å². The second-order valence-electron chi connectivity index (χ2n) is 4.56. The Morgan fingerprint density at radius 2 is 2.27 bits per heavy atom. The normalized spacial score (nSPS) is 11.0. The molecule has 0 aliphatic heterocycles. The summed E-state index contributed by atoms with van der Waals surface area (Å²) in [4.78, 5) is 21.3. The van der Waals surface area contributed by atoms with Crippen LogP contribution in [0.4, 0.5) is 0 Å². The number of allylic oxidation sites excluding steroid dienone is 1. The predicted octanol–water partition coefficient (Wildman–Crippen LogP) is 3.25. The third-order valence-corrected chi connectivity index (χ3v) is 4.25. The van der Waals surface area contributed by atoms with Crippen LogP contribution in [0.5, 0.6) is 0 Å². The topological polar surface area (TPSA) is 52.7 Å². The molecule has 0 radical (unpaired) electrons. The summed E-state index contributed by atoms with van der Waals surface area (Å²) >= 11 is 4.91. The van der Waals surface area contributed by atoms with Crippen molar-refractivity contribution in [2.45, 2.75) is 11.7 Å². The van der Waals surface area contributed by atoms with Crippen LogP contribution in [-0.2, 0) is 6.54 Å². The number of benzene rings is 1. The molecule has 0 aliphatic carbocycles. The van der Waals surface area contributed by atoms with Crippen molar-refractivity contribution in [2.75, 3.05) is 6.26 Å². The van der Waals surface area contributed by atoms with Crippen LogP contribution in [-0.4, -0.2) is 25.6 Å². The Morgan fingerprint density at radius 1 is 1.45 bits per heavy atom. The van der Waals surface area contributed by atoms with E-state index in [1.165, 1.54) is 11.8 Å². The summed E-state index contributed by atoms with van der Waals surface area (Å²) in [6.45, 7) is 4.13. The zero-order valence-electron chi connectivity index (χ0n) is 11.9. The minimum atomic E-state index is -0.123. The van der Waals surface area contributed by atoms with Crippen molar-refractivity contribution >= 4 is 38.7 Å². The highest BCUT2D eigenvalue weighted by atomic mass is 79.9. The van der Waals surface area contributed by atoms with Gasteiger partial charge in [-0.05, 0) is 24.5 Å². The lowest BCUT2D eigenvalue weighted by Crippen LogP contribution is -2.21. The Labute approximate surface area is 139 Å². The Kier molecular flexibility index (Phi) is 4.17. The second-order valence-corrected chi connectivity index (χ2v) is 6.25. The third-order valence-electron chi connectivity index (χ3n) is 3.19. The minimum absolute atomic E-state index is 0.123. The predicted molar refractivity (Wildman–Crippen MR) is 92.8 cm³/mol. The molecule has 0 saturated carbocycles. The van der Waals surface area contributed by atoms with Crippen molar-refractivity contribution in [3.8, 4) is 5.69 Å². The highest BCUT2D eigenvalue weighted by Gasteiger charge is 2.16. The highest BCUT2D eigenvalue weighted by Crippen LogP contribution is 2.20. The van der Waals surface area contributed by atoms with Gasteiger partial charge in [-0.3, -0.25) is 4.79 Å². The highest BCUT2D eigenvalue weighted by molar-refractivity contribution is 9.10. The molecule has 0 aliphatic rings. The van der Waals surface area contributed by atoms with Crippen LogP contribution in [0.15, 0.2) is 57.5 Å². The van der Waals surface area contributed by atoms with Gasteiger partial charge < -0.3 is 0 Å². The number of nitrogens with zero attached hydrogens (tertiary/aromatic N) is 4. The van der Waals surface area contributed by atoms with Crippen LogP contribution in [0.3, 0.4) is 0 Å². The van der Waals surface area contributed by atoms with E-state index in [-0.39, 0.29) is 5.56 Å². The van der Waals surface area contributed by atoms with E-state index < -0.39 is 0 Å². The van der Waals surface area contributed by atoms with Crippen molar-refractivity contribution < 1.29 is 0 Å². The van der Waals surface area contributed by atoms with Gasteiger partial charge in [0.2, 0.25) is 0 Å². The molecule has 0 atom stereocenters. The first-order valence-corrected chi connectivity index (χ1v) is 8.57. The number of hydrogen-bond acceptors (Lipinski definition) is 4. The standard InChI is InChI=1S/C15H13BrN4OS/c1-3-7-19-14(21)12-9-17-15(22-2)18-13(12)20(19)11-6-4-5-10(16)8-11/h3-6,8-9H,1,7H2,2H3. The lowest BCUT2D eigenvalue weighted by molar-refractivity contribution is 0.604. The fourth-order valence-corrected chi connectivity index (χ4v) is 2.99. The van der Waals surface area contributed by atoms with E-state index in [4.69, 9.17) is 0 Å². The Hall–Kier alpha value is -1.86. The van der Waals surface area contributed by atoms with Crippen molar-refractivity contribution in [1.82, 2.24) is 19.3 Å². The van der Waals surface area contributed by atoms with Crippen LogP contribution in [0.1, 0.15) is 0 Å². The molecule has 0 unspecified atom stereocenters. The van der Waals surface area contributed by atoms with Crippen LogP contribution in [0.2, 0.25) is 0 Å². The molecule has 2 heterocycles. The maximum atomic E-state index is 12.6. The summed E-state index contributed by atoms with van der Waals surface area (Å²) < 4.78 is 4.35. The molecule has 1 aromatic carbocycles. The Bertz CT molecular complexity index is 916. The quantitative estimate of drug-likeness (QED) is 0.398. The zero-order chi connectivity index (χ0) is 15.7. The van der Waals surface area contributed by atoms with Crippen molar-refractivity contribution in [3.05, 3.63) is 57.9 Å². The number of thioether (sulfide) groups is 1. The van der Waals surface area contributed by atoms with Crippen LogP contribution in [0.25, 0.3) is 16.7 Å². The molecular formula is C15H13BrN4OS. The molecule has 2 aromatic heterocycles. The number of rotatable bonds is 4. The third kappa shape index (κ3) is 2.50. The van der Waals surface area contributed by atoms with Gasteiger partial charge in [0.15, 0.2) is 10.8 Å². The fourth-order valence-electron chi connectivity index (χ4n) is 2.27. The molecule has 0 saturated heterocycles. The molecule has 3 rings (SSSR count). The van der Waals surface area contributed by atoms with Gasteiger partial charge in [-0.25, -0.2) is 19.3 Å². The van der Waals surface area contributed by atoms with E-state index in [0.717, 1.165) is 10.2 Å². The molecular weight excluding hydrogens is 364 g/mol. The van der Waals surface area contributed by atoms with Gasteiger partial charge in [0.05, 0.1) is 12.2 Å². The van der Waals surface area contributed by atoms with Crippen molar-refractivity contribution in [3.63, 3.8) is 0 Å². The Morgan fingerprint density at radius 3 is 2.95 bits per heavy atom. The molecule has 5 nitrogen and oxygen atoms in total. The van der Waals surface area contributed by atoms with Crippen LogP contribution in [0, 0.1) is 0 Å². The van der Waals surface area contributed by atoms with Crippen molar-refractivity contribution in [2.24, 2.45) is 0 Å². The summed E-state index contributed by atoms with van der Waals surface area (Å²) in [7, 11) is 0. The number of fused-ring (bicyclic) bond motifs is 1. The lowest BCUT2D eigenvalue weighted by Gasteiger charge is -2.11. The maximum Gasteiger partial charge on any atom is 0.278 e. The van der Waals surface area contributed by atoms with Crippen LogP contribution >= 0.6 is 27.7 Å².